The first-order valence-electron chi connectivity index (χ1n) is 6.61. The summed E-state index contributed by atoms with van der Waals surface area (Å²) in [6, 6.07) is 11.4. The van der Waals surface area contributed by atoms with Crippen molar-refractivity contribution in [1.82, 2.24) is 4.90 Å². The van der Waals surface area contributed by atoms with Gasteiger partial charge in [0.2, 0.25) is 0 Å². The molecule has 2 N–H and O–H groups in total. The molecule has 0 aromatic heterocycles. The molecule has 112 valence electrons. The SMILES string of the molecule is CN(Cc1ccccc1F)C(CN)c1ccc(Br)c(F)c1. The molecule has 1 atom stereocenters. The number of benzene rings is 2. The summed E-state index contributed by atoms with van der Waals surface area (Å²) in [7, 11) is 1.85. The van der Waals surface area contributed by atoms with Gasteiger partial charge in [0.15, 0.2) is 0 Å². The summed E-state index contributed by atoms with van der Waals surface area (Å²) in [5.74, 6) is -0.577. The van der Waals surface area contributed by atoms with Crippen LogP contribution in [0.3, 0.4) is 0 Å². The predicted octanol–water partition coefficient (Wildman–Crippen LogP) is 3.86. The van der Waals surface area contributed by atoms with Gasteiger partial charge in [-0.25, -0.2) is 8.78 Å². The minimum atomic E-state index is -0.328. The van der Waals surface area contributed by atoms with Crippen LogP contribution in [0.5, 0.6) is 0 Å². The van der Waals surface area contributed by atoms with Gasteiger partial charge in [-0.2, -0.15) is 0 Å². The van der Waals surface area contributed by atoms with Crippen LogP contribution in [-0.4, -0.2) is 18.5 Å². The topological polar surface area (TPSA) is 29.3 Å². The van der Waals surface area contributed by atoms with Gasteiger partial charge in [0.05, 0.1) is 4.47 Å². The van der Waals surface area contributed by atoms with Crippen molar-refractivity contribution in [2.75, 3.05) is 13.6 Å². The van der Waals surface area contributed by atoms with Crippen molar-refractivity contribution in [2.24, 2.45) is 5.73 Å². The highest BCUT2D eigenvalue weighted by Crippen LogP contribution is 2.25. The Bertz CT molecular complexity index is 619. The maximum atomic E-state index is 13.7. The number of hydrogen-bond donors (Lipinski definition) is 1. The molecule has 2 aromatic carbocycles. The summed E-state index contributed by atoms with van der Waals surface area (Å²) in [6.07, 6.45) is 0. The van der Waals surface area contributed by atoms with E-state index >= 15 is 0 Å². The molecule has 0 fully saturated rings. The number of hydrogen-bond acceptors (Lipinski definition) is 2. The van der Waals surface area contributed by atoms with E-state index < -0.39 is 0 Å². The lowest BCUT2D eigenvalue weighted by Crippen LogP contribution is -2.30. The van der Waals surface area contributed by atoms with E-state index in [1.54, 1.807) is 24.3 Å². The van der Waals surface area contributed by atoms with Crippen LogP contribution in [0, 0.1) is 11.6 Å². The third-order valence-electron chi connectivity index (χ3n) is 3.46. The van der Waals surface area contributed by atoms with E-state index in [-0.39, 0.29) is 17.7 Å². The lowest BCUT2D eigenvalue weighted by atomic mass is 10.0. The third-order valence-corrected chi connectivity index (χ3v) is 4.10. The molecule has 0 amide bonds. The zero-order valence-corrected chi connectivity index (χ0v) is 13.3. The fourth-order valence-corrected chi connectivity index (χ4v) is 2.54. The van der Waals surface area contributed by atoms with Crippen LogP contribution in [0.25, 0.3) is 0 Å². The maximum Gasteiger partial charge on any atom is 0.137 e. The van der Waals surface area contributed by atoms with Crippen LogP contribution in [0.4, 0.5) is 8.78 Å². The number of likely N-dealkylation sites (N-methyl/N-ethyl adjacent to an activating group) is 1. The summed E-state index contributed by atoms with van der Waals surface area (Å²) in [5, 5.41) is 0. The van der Waals surface area contributed by atoms with E-state index in [9.17, 15) is 8.78 Å². The van der Waals surface area contributed by atoms with Crippen LogP contribution >= 0.6 is 15.9 Å². The Hall–Kier alpha value is -1.30. The Morgan fingerprint density at radius 2 is 1.86 bits per heavy atom. The molecule has 21 heavy (non-hydrogen) atoms. The highest BCUT2D eigenvalue weighted by molar-refractivity contribution is 9.10. The van der Waals surface area contributed by atoms with Crippen molar-refractivity contribution in [3.8, 4) is 0 Å². The van der Waals surface area contributed by atoms with E-state index in [1.807, 2.05) is 18.0 Å². The summed E-state index contributed by atoms with van der Waals surface area (Å²) >= 11 is 3.13. The first kappa shape index (κ1) is 16.1. The van der Waals surface area contributed by atoms with Crippen molar-refractivity contribution in [1.29, 1.82) is 0 Å². The van der Waals surface area contributed by atoms with Crippen molar-refractivity contribution in [2.45, 2.75) is 12.6 Å². The number of nitrogens with two attached hydrogens (primary N) is 1. The second kappa shape index (κ2) is 7.11. The van der Waals surface area contributed by atoms with E-state index in [2.05, 4.69) is 15.9 Å². The summed E-state index contributed by atoms with van der Waals surface area (Å²) in [5.41, 5.74) is 7.18. The van der Waals surface area contributed by atoms with E-state index in [4.69, 9.17) is 5.73 Å². The lowest BCUT2D eigenvalue weighted by molar-refractivity contribution is 0.238. The van der Waals surface area contributed by atoms with E-state index in [1.165, 1.54) is 12.1 Å². The lowest BCUT2D eigenvalue weighted by Gasteiger charge is -2.27. The number of nitrogens with zero attached hydrogens (tertiary/aromatic N) is 1. The fraction of sp³-hybridized carbons (Fsp3) is 0.250. The Morgan fingerprint density at radius 1 is 1.14 bits per heavy atom. The van der Waals surface area contributed by atoms with E-state index in [0.29, 0.717) is 23.1 Å². The fourth-order valence-electron chi connectivity index (χ4n) is 2.30. The highest BCUT2D eigenvalue weighted by Gasteiger charge is 2.18. The van der Waals surface area contributed by atoms with Crippen LogP contribution in [0.2, 0.25) is 0 Å². The van der Waals surface area contributed by atoms with Gasteiger partial charge in [0.25, 0.3) is 0 Å². The standard InChI is InChI=1S/C16H17BrF2N2/c1-21(10-12-4-2-3-5-14(12)18)16(9-20)11-6-7-13(17)15(19)8-11/h2-8,16H,9-10,20H2,1H3. The summed E-state index contributed by atoms with van der Waals surface area (Å²) in [4.78, 5) is 1.92. The Morgan fingerprint density at radius 3 is 2.48 bits per heavy atom. The molecule has 0 aliphatic rings. The zero-order chi connectivity index (χ0) is 15.4. The quantitative estimate of drug-likeness (QED) is 0.883. The van der Waals surface area contributed by atoms with Crippen LogP contribution in [0.1, 0.15) is 17.2 Å². The molecule has 2 rings (SSSR count). The van der Waals surface area contributed by atoms with Gasteiger partial charge in [0, 0.05) is 24.7 Å². The molecule has 5 heteroatoms. The molecule has 1 unspecified atom stereocenters. The zero-order valence-electron chi connectivity index (χ0n) is 11.7. The van der Waals surface area contributed by atoms with Gasteiger partial charge in [-0.3, -0.25) is 4.90 Å². The van der Waals surface area contributed by atoms with Crippen LogP contribution in [0.15, 0.2) is 46.9 Å². The number of rotatable bonds is 5. The molecule has 0 aliphatic heterocycles. The first-order chi connectivity index (χ1) is 10.0. The molecule has 0 aliphatic carbocycles. The average Bonchev–Trinajstić information content (AvgIpc) is 2.46. The molecule has 0 saturated heterocycles. The Balaban J connectivity index is 2.20. The molecular weight excluding hydrogens is 338 g/mol. The van der Waals surface area contributed by atoms with Crippen LogP contribution < -0.4 is 5.73 Å². The Kier molecular flexibility index (Phi) is 5.45. The molecule has 0 spiro atoms. The van der Waals surface area contributed by atoms with Gasteiger partial charge >= 0.3 is 0 Å². The first-order valence-corrected chi connectivity index (χ1v) is 7.41. The molecule has 0 heterocycles. The second-order valence-corrected chi connectivity index (χ2v) is 5.79. The van der Waals surface area contributed by atoms with Crippen LogP contribution in [-0.2, 0) is 6.54 Å². The largest absolute Gasteiger partial charge is 0.329 e. The predicted molar refractivity (Wildman–Crippen MR) is 83.8 cm³/mol. The molecular formula is C16H17BrF2N2. The number of halogens is 3. The van der Waals surface area contributed by atoms with Gasteiger partial charge in [-0.1, -0.05) is 24.3 Å². The molecule has 0 radical (unpaired) electrons. The van der Waals surface area contributed by atoms with Gasteiger partial charge in [-0.15, -0.1) is 0 Å². The second-order valence-electron chi connectivity index (χ2n) is 4.93. The minimum absolute atomic E-state index is 0.174. The minimum Gasteiger partial charge on any atom is -0.329 e. The third kappa shape index (κ3) is 3.87. The molecule has 2 aromatic rings. The molecule has 2 nitrogen and oxygen atoms in total. The average molecular weight is 355 g/mol. The molecule has 0 bridgehead atoms. The maximum absolute atomic E-state index is 13.7. The van der Waals surface area contributed by atoms with Crippen molar-refractivity contribution >= 4 is 15.9 Å². The Labute approximate surface area is 131 Å². The van der Waals surface area contributed by atoms with Crippen molar-refractivity contribution in [3.63, 3.8) is 0 Å². The van der Waals surface area contributed by atoms with E-state index in [0.717, 1.165) is 5.56 Å². The summed E-state index contributed by atoms with van der Waals surface area (Å²) < 4.78 is 27.8. The molecule has 0 saturated carbocycles. The van der Waals surface area contributed by atoms with Gasteiger partial charge < -0.3 is 5.73 Å². The smallest absolute Gasteiger partial charge is 0.137 e. The summed E-state index contributed by atoms with van der Waals surface area (Å²) in [6.45, 7) is 0.734. The van der Waals surface area contributed by atoms with Crippen molar-refractivity contribution in [3.05, 3.63) is 69.7 Å². The van der Waals surface area contributed by atoms with Gasteiger partial charge in [0.1, 0.15) is 11.6 Å². The monoisotopic (exact) mass is 354 g/mol. The highest BCUT2D eigenvalue weighted by atomic mass is 79.9. The normalized spacial score (nSPS) is 12.7. The van der Waals surface area contributed by atoms with Gasteiger partial charge in [-0.05, 0) is 46.7 Å². The van der Waals surface area contributed by atoms with Crippen molar-refractivity contribution < 1.29 is 8.78 Å².